The number of rotatable bonds is 2. The molecule has 1 aromatic rings. The van der Waals surface area contributed by atoms with E-state index in [1.54, 1.807) is 11.8 Å². The quantitative estimate of drug-likeness (QED) is 0.838. The van der Waals surface area contributed by atoms with Gasteiger partial charge in [-0.2, -0.15) is 0 Å². The third-order valence-electron chi connectivity index (χ3n) is 4.20. The molecule has 1 N–H and O–H groups in total. The minimum absolute atomic E-state index is 0.0709. The Morgan fingerprint density at radius 1 is 1.39 bits per heavy atom. The summed E-state index contributed by atoms with van der Waals surface area (Å²) in [6, 6.07) is 4.49. The van der Waals surface area contributed by atoms with Gasteiger partial charge >= 0.3 is 0 Å². The fraction of sp³-hybridized carbons (Fsp3) is 0.467. The number of benzene rings is 1. The third-order valence-corrected chi connectivity index (χ3v) is 6.09. The molecule has 2 aliphatic heterocycles. The van der Waals surface area contributed by atoms with Gasteiger partial charge in [-0.3, -0.25) is 9.59 Å². The van der Waals surface area contributed by atoms with Crippen molar-refractivity contribution >= 4 is 21.8 Å². The molecule has 0 spiro atoms. The number of sulfonamides is 1. The second kappa shape index (κ2) is 5.61. The highest BCUT2D eigenvalue weighted by Crippen LogP contribution is 2.31. The van der Waals surface area contributed by atoms with E-state index in [1.165, 1.54) is 18.2 Å². The molecule has 3 rings (SSSR count). The van der Waals surface area contributed by atoms with Gasteiger partial charge in [0.2, 0.25) is 0 Å². The van der Waals surface area contributed by atoms with Gasteiger partial charge < -0.3 is 10.2 Å². The second-order valence-corrected chi connectivity index (χ2v) is 7.62. The molecule has 2 heterocycles. The normalized spacial score (nSPS) is 23.0. The number of piperazine rings is 1. The molecule has 7 nitrogen and oxygen atoms in total. The van der Waals surface area contributed by atoms with Crippen molar-refractivity contribution < 1.29 is 18.0 Å². The van der Waals surface area contributed by atoms with Gasteiger partial charge in [-0.1, -0.05) is 0 Å². The minimum Gasteiger partial charge on any atom is -0.336 e. The Balaban J connectivity index is 1.96. The summed E-state index contributed by atoms with van der Waals surface area (Å²) in [5, 5.41) is 3.25. The molecule has 1 atom stereocenters. The van der Waals surface area contributed by atoms with E-state index < -0.39 is 15.9 Å². The Hall–Kier alpha value is -1.93. The fourth-order valence-electron chi connectivity index (χ4n) is 3.02. The van der Waals surface area contributed by atoms with E-state index in [-0.39, 0.29) is 29.0 Å². The molecule has 1 saturated heterocycles. The summed E-state index contributed by atoms with van der Waals surface area (Å²) in [6.45, 7) is 5.53. The lowest BCUT2D eigenvalue weighted by molar-refractivity contribution is 0.0708. The zero-order valence-electron chi connectivity index (χ0n) is 13.1. The number of carbonyl (C=O) groups is 2. The molecule has 1 unspecified atom stereocenters. The topological polar surface area (TPSA) is 86.8 Å². The number of carbonyl (C=O) groups excluding carboxylic acids is 2. The molecule has 8 heteroatoms. The van der Waals surface area contributed by atoms with E-state index in [0.29, 0.717) is 25.2 Å². The minimum atomic E-state index is -3.84. The number of amides is 2. The van der Waals surface area contributed by atoms with Crippen LogP contribution in [0.2, 0.25) is 0 Å². The van der Waals surface area contributed by atoms with Gasteiger partial charge in [-0.25, -0.2) is 12.7 Å². The molecule has 0 aliphatic carbocycles. The molecular formula is C15H19N3O4S. The Kier molecular flexibility index (Phi) is 3.89. The molecule has 23 heavy (non-hydrogen) atoms. The van der Waals surface area contributed by atoms with Gasteiger partial charge in [-0.05, 0) is 32.0 Å². The van der Waals surface area contributed by atoms with E-state index in [0.717, 1.165) is 4.31 Å². The highest BCUT2D eigenvalue weighted by Gasteiger charge is 2.40. The average Bonchev–Trinajstić information content (AvgIpc) is 2.72. The SMILES string of the molecule is CCN1C(=O)c2ccc(C(=O)N3CCNC(C)C3)cc2S1(=O)=O. The first-order chi connectivity index (χ1) is 10.9. The fourth-order valence-corrected chi connectivity index (χ4v) is 4.62. The van der Waals surface area contributed by atoms with Crippen LogP contribution in [0.25, 0.3) is 0 Å². The molecule has 1 fully saturated rings. The monoisotopic (exact) mass is 337 g/mol. The Morgan fingerprint density at radius 2 is 2.13 bits per heavy atom. The Labute approximate surface area is 135 Å². The first kappa shape index (κ1) is 15.9. The molecule has 1 aromatic carbocycles. The third kappa shape index (κ3) is 2.51. The van der Waals surface area contributed by atoms with Gasteiger partial charge in [0.15, 0.2) is 0 Å². The highest BCUT2D eigenvalue weighted by atomic mass is 32.2. The van der Waals surface area contributed by atoms with Crippen molar-refractivity contribution in [1.29, 1.82) is 0 Å². The average molecular weight is 337 g/mol. The zero-order chi connectivity index (χ0) is 16.8. The lowest BCUT2D eigenvalue weighted by atomic mass is 10.1. The number of nitrogens with one attached hydrogen (secondary N) is 1. The lowest BCUT2D eigenvalue weighted by Gasteiger charge is -2.32. The van der Waals surface area contributed by atoms with Crippen LogP contribution in [0, 0.1) is 0 Å². The first-order valence-corrected chi connectivity index (χ1v) is 9.04. The van der Waals surface area contributed by atoms with Crippen molar-refractivity contribution in [3.05, 3.63) is 29.3 Å². The summed E-state index contributed by atoms with van der Waals surface area (Å²) >= 11 is 0. The molecule has 124 valence electrons. The molecule has 0 radical (unpaired) electrons. The number of hydrogen-bond donors (Lipinski definition) is 1. The van der Waals surface area contributed by atoms with Crippen LogP contribution in [0.1, 0.15) is 34.6 Å². The van der Waals surface area contributed by atoms with Crippen molar-refractivity contribution in [1.82, 2.24) is 14.5 Å². The summed E-state index contributed by atoms with van der Waals surface area (Å²) in [4.78, 5) is 26.3. The van der Waals surface area contributed by atoms with Gasteiger partial charge in [-0.15, -0.1) is 0 Å². The summed E-state index contributed by atoms with van der Waals surface area (Å²) < 4.78 is 25.6. The predicted molar refractivity (Wildman–Crippen MR) is 83.7 cm³/mol. The largest absolute Gasteiger partial charge is 0.336 e. The van der Waals surface area contributed by atoms with Crippen LogP contribution in [-0.2, 0) is 10.0 Å². The molecule has 2 aliphatic rings. The maximum atomic E-state index is 12.6. The number of hydrogen-bond acceptors (Lipinski definition) is 5. The number of fused-ring (bicyclic) bond motifs is 1. The lowest BCUT2D eigenvalue weighted by Crippen LogP contribution is -2.51. The highest BCUT2D eigenvalue weighted by molar-refractivity contribution is 7.90. The van der Waals surface area contributed by atoms with Crippen molar-refractivity contribution in [3.63, 3.8) is 0 Å². The second-order valence-electron chi connectivity index (χ2n) is 5.79. The van der Waals surface area contributed by atoms with Crippen LogP contribution < -0.4 is 5.32 Å². The molecule has 0 aromatic heterocycles. The van der Waals surface area contributed by atoms with Crippen molar-refractivity contribution in [2.45, 2.75) is 24.8 Å². The smallest absolute Gasteiger partial charge is 0.268 e. The van der Waals surface area contributed by atoms with E-state index in [2.05, 4.69) is 5.32 Å². The van der Waals surface area contributed by atoms with Crippen LogP contribution in [0.4, 0.5) is 0 Å². The first-order valence-electron chi connectivity index (χ1n) is 7.60. The Morgan fingerprint density at radius 3 is 2.78 bits per heavy atom. The van der Waals surface area contributed by atoms with Crippen LogP contribution >= 0.6 is 0 Å². The van der Waals surface area contributed by atoms with Crippen molar-refractivity contribution in [2.75, 3.05) is 26.2 Å². The standard InChI is InChI=1S/C15H19N3O4S/c1-3-18-15(20)12-5-4-11(8-13(12)23(18,21)22)14(19)17-7-6-16-10(2)9-17/h4-5,8,10,16H,3,6-7,9H2,1-2H3. The van der Waals surface area contributed by atoms with Crippen LogP contribution in [0.5, 0.6) is 0 Å². The van der Waals surface area contributed by atoms with E-state index >= 15 is 0 Å². The van der Waals surface area contributed by atoms with Crippen LogP contribution in [-0.4, -0.2) is 61.7 Å². The van der Waals surface area contributed by atoms with Gasteiger partial charge in [0.1, 0.15) is 4.90 Å². The molecule has 0 saturated carbocycles. The van der Waals surface area contributed by atoms with Crippen molar-refractivity contribution in [2.24, 2.45) is 0 Å². The van der Waals surface area contributed by atoms with Gasteiger partial charge in [0, 0.05) is 37.8 Å². The predicted octanol–water partition coefficient (Wildman–Crippen LogP) is 0.285. The molecule has 0 bridgehead atoms. The van der Waals surface area contributed by atoms with Crippen LogP contribution in [0.3, 0.4) is 0 Å². The summed E-state index contributed by atoms with van der Waals surface area (Å²) in [5.74, 6) is -0.740. The molecule has 2 amide bonds. The summed E-state index contributed by atoms with van der Waals surface area (Å²) in [5.41, 5.74) is 0.434. The van der Waals surface area contributed by atoms with Crippen molar-refractivity contribution in [3.8, 4) is 0 Å². The van der Waals surface area contributed by atoms with Gasteiger partial charge in [0.05, 0.1) is 5.56 Å². The summed E-state index contributed by atoms with van der Waals surface area (Å²) in [7, 11) is -3.84. The summed E-state index contributed by atoms with van der Waals surface area (Å²) in [6.07, 6.45) is 0. The number of nitrogens with zero attached hydrogens (tertiary/aromatic N) is 2. The maximum Gasteiger partial charge on any atom is 0.268 e. The Bertz CT molecular complexity index is 775. The van der Waals surface area contributed by atoms with E-state index in [1.807, 2.05) is 6.92 Å². The molecular weight excluding hydrogens is 318 g/mol. The van der Waals surface area contributed by atoms with E-state index in [9.17, 15) is 18.0 Å². The maximum absolute atomic E-state index is 12.6. The van der Waals surface area contributed by atoms with E-state index in [4.69, 9.17) is 0 Å². The zero-order valence-corrected chi connectivity index (χ0v) is 13.9. The van der Waals surface area contributed by atoms with Gasteiger partial charge in [0.25, 0.3) is 21.8 Å². The van der Waals surface area contributed by atoms with Crippen LogP contribution in [0.15, 0.2) is 23.1 Å².